The summed E-state index contributed by atoms with van der Waals surface area (Å²) in [6.07, 6.45) is 0. The van der Waals surface area contributed by atoms with E-state index in [1.165, 1.54) is 23.9 Å². The van der Waals surface area contributed by atoms with E-state index in [4.69, 9.17) is 5.10 Å². The first-order chi connectivity index (χ1) is 20.5. The molecule has 0 aliphatic rings. The number of hydrogen-bond acceptors (Lipinski definition) is 4. The van der Waals surface area contributed by atoms with Crippen LogP contribution in [-0.2, 0) is 13.6 Å². The molecular weight excluding hydrogens is 542 g/mol. The Labute approximate surface area is 247 Å². The molecule has 1 aromatic heterocycles. The average Bonchev–Trinajstić information content (AvgIpc) is 3.35. The summed E-state index contributed by atoms with van der Waals surface area (Å²) in [7, 11) is 1.89. The van der Waals surface area contributed by atoms with Crippen LogP contribution >= 0.6 is 11.8 Å². The van der Waals surface area contributed by atoms with Crippen molar-refractivity contribution < 1.29 is 14.7 Å². The zero-order valence-electron chi connectivity index (χ0n) is 22.8. The molecule has 42 heavy (non-hydrogen) atoms. The van der Waals surface area contributed by atoms with Crippen molar-refractivity contribution in [2.24, 2.45) is 7.05 Å². The van der Waals surface area contributed by atoms with Crippen LogP contribution in [0.4, 0.5) is 0 Å². The molecular formula is C35H27N3O3S. The minimum absolute atomic E-state index is 0.205. The Morgan fingerprint density at radius 1 is 0.762 bits per heavy atom. The Kier molecular flexibility index (Phi) is 7.58. The van der Waals surface area contributed by atoms with Gasteiger partial charge in [-0.1, -0.05) is 96.7 Å². The highest BCUT2D eigenvalue weighted by molar-refractivity contribution is 7.99. The van der Waals surface area contributed by atoms with E-state index in [-0.39, 0.29) is 18.0 Å². The molecule has 2 N–H and O–H groups in total. The third-order valence-electron chi connectivity index (χ3n) is 7.10. The molecule has 5 aromatic carbocycles. The Bertz CT molecular complexity index is 1880. The molecule has 7 heteroatoms. The number of carbonyl (C=O) groups is 2. The van der Waals surface area contributed by atoms with Crippen molar-refractivity contribution in [1.29, 1.82) is 0 Å². The highest BCUT2D eigenvalue weighted by atomic mass is 32.2. The van der Waals surface area contributed by atoms with Crippen molar-refractivity contribution in [2.75, 3.05) is 0 Å². The van der Waals surface area contributed by atoms with Gasteiger partial charge in [-0.25, -0.2) is 4.79 Å². The van der Waals surface area contributed by atoms with E-state index >= 15 is 0 Å². The average molecular weight is 570 g/mol. The highest BCUT2D eigenvalue weighted by Crippen LogP contribution is 2.37. The van der Waals surface area contributed by atoms with Crippen molar-refractivity contribution in [2.45, 2.75) is 16.5 Å². The molecule has 0 radical (unpaired) electrons. The van der Waals surface area contributed by atoms with Gasteiger partial charge >= 0.3 is 5.97 Å². The second-order valence-electron chi connectivity index (χ2n) is 9.89. The molecule has 1 heterocycles. The number of carboxylic acids is 1. The topological polar surface area (TPSA) is 84.2 Å². The summed E-state index contributed by atoms with van der Waals surface area (Å²) in [4.78, 5) is 26.0. The molecule has 6 rings (SSSR count). The molecule has 0 atom stereocenters. The van der Waals surface area contributed by atoms with Gasteiger partial charge in [-0.2, -0.15) is 5.10 Å². The van der Waals surface area contributed by atoms with Crippen LogP contribution in [0, 0.1) is 0 Å². The summed E-state index contributed by atoms with van der Waals surface area (Å²) in [5, 5.41) is 18.6. The maximum absolute atomic E-state index is 13.8. The molecule has 1 amide bonds. The molecule has 0 saturated carbocycles. The molecule has 206 valence electrons. The first kappa shape index (κ1) is 27.1. The van der Waals surface area contributed by atoms with Crippen LogP contribution in [-0.4, -0.2) is 26.8 Å². The smallest absolute Gasteiger partial charge is 0.335 e. The number of amides is 1. The molecule has 6 nitrogen and oxygen atoms in total. The Balaban J connectivity index is 1.35. The van der Waals surface area contributed by atoms with E-state index in [0.717, 1.165) is 48.6 Å². The second-order valence-corrected chi connectivity index (χ2v) is 11.0. The van der Waals surface area contributed by atoms with Crippen molar-refractivity contribution in [3.05, 3.63) is 138 Å². The number of nitrogens with one attached hydrogen (secondary N) is 1. The number of aromatic nitrogens is 2. The van der Waals surface area contributed by atoms with Crippen molar-refractivity contribution in [3.63, 3.8) is 0 Å². The number of carboxylic acid groups (broad SMARTS) is 1. The molecule has 6 aromatic rings. The van der Waals surface area contributed by atoms with E-state index in [9.17, 15) is 14.7 Å². The maximum Gasteiger partial charge on any atom is 0.335 e. The Morgan fingerprint density at radius 3 is 1.98 bits per heavy atom. The fourth-order valence-corrected chi connectivity index (χ4v) is 5.87. The Hall–Kier alpha value is -5.14. The number of fused-ring (bicyclic) bond motifs is 1. The third-order valence-corrected chi connectivity index (χ3v) is 8.09. The highest BCUT2D eigenvalue weighted by Gasteiger charge is 2.21. The second kappa shape index (κ2) is 11.8. The number of carbonyl (C=O) groups excluding carboxylic acids is 1. The van der Waals surface area contributed by atoms with Crippen molar-refractivity contribution in [1.82, 2.24) is 15.1 Å². The zero-order chi connectivity index (χ0) is 29.1. The fraction of sp³-hybridized carbons (Fsp3) is 0.0571. The summed E-state index contributed by atoms with van der Waals surface area (Å²) < 4.78 is 1.82. The van der Waals surface area contributed by atoms with Gasteiger partial charge in [-0.15, -0.1) is 0 Å². The molecule has 0 bridgehead atoms. The number of hydrogen-bond donors (Lipinski definition) is 2. The lowest BCUT2D eigenvalue weighted by molar-refractivity contribution is 0.0696. The maximum atomic E-state index is 13.8. The first-order valence-electron chi connectivity index (χ1n) is 13.5. The molecule has 0 spiro atoms. The first-order valence-corrected chi connectivity index (χ1v) is 14.3. The Morgan fingerprint density at radius 2 is 1.36 bits per heavy atom. The van der Waals surface area contributed by atoms with Gasteiger partial charge in [0.1, 0.15) is 5.03 Å². The van der Waals surface area contributed by atoms with Gasteiger partial charge in [-0.05, 0) is 64.2 Å². The quantitative estimate of drug-likeness (QED) is 0.196. The standard InChI is InChI=1S/C35H27N3O3S/c1-38-31-21-28(25-10-6-3-7-11-25)20-30(33(39)36-22-23-12-14-27(15-13-23)35(40)41)32(31)34(37-38)42-29-18-16-26(17-19-29)24-8-4-2-5-9-24/h2-21H,22H2,1H3,(H,36,39)(H,40,41). The number of aromatic carboxylic acids is 1. The normalized spacial score (nSPS) is 11.0. The van der Waals surface area contributed by atoms with E-state index in [1.54, 1.807) is 12.1 Å². The third kappa shape index (κ3) is 5.68. The van der Waals surface area contributed by atoms with Crippen LogP contribution in [0.1, 0.15) is 26.3 Å². The number of rotatable bonds is 8. The molecule has 0 aliphatic carbocycles. The number of nitrogens with zero attached hydrogens (tertiary/aromatic N) is 2. The summed E-state index contributed by atoms with van der Waals surface area (Å²) in [6.45, 7) is 0.263. The minimum atomic E-state index is -0.984. The van der Waals surface area contributed by atoms with Crippen molar-refractivity contribution >= 4 is 34.5 Å². The monoisotopic (exact) mass is 569 g/mol. The van der Waals surface area contributed by atoms with Gasteiger partial charge in [0.2, 0.25) is 0 Å². The van der Waals surface area contributed by atoms with Crippen LogP contribution in [0.15, 0.2) is 131 Å². The van der Waals surface area contributed by atoms with Gasteiger partial charge in [0.05, 0.1) is 16.6 Å². The van der Waals surface area contributed by atoms with Crippen LogP contribution in [0.2, 0.25) is 0 Å². The van der Waals surface area contributed by atoms with Crippen LogP contribution in [0.25, 0.3) is 33.2 Å². The summed E-state index contributed by atoms with van der Waals surface area (Å²) in [5.74, 6) is -1.21. The SMILES string of the molecule is Cn1nc(Sc2ccc(-c3ccccc3)cc2)c2c(C(=O)NCc3ccc(C(=O)O)cc3)cc(-c3ccccc3)cc21. The lowest BCUT2D eigenvalue weighted by atomic mass is 9.99. The van der Waals surface area contributed by atoms with Gasteiger partial charge in [0.25, 0.3) is 5.91 Å². The summed E-state index contributed by atoms with van der Waals surface area (Å²) in [5.41, 5.74) is 6.62. The molecule has 0 unspecified atom stereocenters. The summed E-state index contributed by atoms with van der Waals surface area (Å²) in [6, 6.07) is 39.0. The van der Waals surface area contributed by atoms with Gasteiger partial charge in [0.15, 0.2) is 0 Å². The largest absolute Gasteiger partial charge is 0.478 e. The molecule has 0 aliphatic heterocycles. The lowest BCUT2D eigenvalue weighted by Gasteiger charge is -2.11. The molecule has 0 saturated heterocycles. The van der Waals surface area contributed by atoms with Crippen molar-refractivity contribution in [3.8, 4) is 22.3 Å². The van der Waals surface area contributed by atoms with Gasteiger partial charge in [-0.3, -0.25) is 9.48 Å². The van der Waals surface area contributed by atoms with Gasteiger partial charge in [0, 0.05) is 23.9 Å². The van der Waals surface area contributed by atoms with E-state index in [2.05, 4.69) is 47.8 Å². The predicted octanol–water partition coefficient (Wildman–Crippen LogP) is 7.69. The number of benzene rings is 5. The van der Waals surface area contributed by atoms with Crippen LogP contribution in [0.5, 0.6) is 0 Å². The minimum Gasteiger partial charge on any atom is -0.478 e. The summed E-state index contributed by atoms with van der Waals surface area (Å²) >= 11 is 1.53. The van der Waals surface area contributed by atoms with Gasteiger partial charge < -0.3 is 10.4 Å². The number of aryl methyl sites for hydroxylation is 1. The fourth-order valence-electron chi connectivity index (χ4n) is 4.90. The van der Waals surface area contributed by atoms with E-state index < -0.39 is 5.97 Å². The lowest BCUT2D eigenvalue weighted by Crippen LogP contribution is -2.23. The van der Waals surface area contributed by atoms with E-state index in [1.807, 2.05) is 66.3 Å². The predicted molar refractivity (Wildman–Crippen MR) is 167 cm³/mol. The van der Waals surface area contributed by atoms with E-state index in [0.29, 0.717) is 5.56 Å². The molecule has 0 fully saturated rings. The zero-order valence-corrected chi connectivity index (χ0v) is 23.6. The van der Waals surface area contributed by atoms with Crippen LogP contribution < -0.4 is 5.32 Å². The van der Waals surface area contributed by atoms with Crippen LogP contribution in [0.3, 0.4) is 0 Å².